The zero-order valence-corrected chi connectivity index (χ0v) is 19.9. The molecule has 0 aliphatic carbocycles. The van der Waals surface area contributed by atoms with E-state index in [1.807, 2.05) is 12.1 Å². The van der Waals surface area contributed by atoms with Gasteiger partial charge >= 0.3 is 0 Å². The van der Waals surface area contributed by atoms with Gasteiger partial charge in [-0.3, -0.25) is 0 Å². The van der Waals surface area contributed by atoms with Crippen molar-refractivity contribution in [3.05, 3.63) is 89.0 Å². The lowest BCUT2D eigenvalue weighted by atomic mass is 9.86. The molecule has 0 saturated heterocycles. The Morgan fingerprint density at radius 1 is 0.903 bits per heavy atom. The first-order chi connectivity index (χ1) is 14.5. The molecule has 4 nitrogen and oxygen atoms in total. The van der Waals surface area contributed by atoms with E-state index in [4.69, 9.17) is 9.47 Å². The third kappa shape index (κ3) is 4.89. The highest BCUT2D eigenvalue weighted by atomic mass is 79.9. The fourth-order valence-electron chi connectivity index (χ4n) is 4.71. The van der Waals surface area contributed by atoms with E-state index in [2.05, 4.69) is 49.5 Å². The molecule has 1 aliphatic rings. The average Bonchev–Trinajstić information content (AvgIpc) is 2.77. The minimum Gasteiger partial charge on any atom is -1.00 e. The highest BCUT2D eigenvalue weighted by Gasteiger charge is 2.40. The first-order valence-electron chi connectivity index (χ1n) is 10.4. The second kappa shape index (κ2) is 9.75. The number of quaternary nitrogens is 1. The highest BCUT2D eigenvalue weighted by molar-refractivity contribution is 5.49. The Labute approximate surface area is 195 Å². The molecule has 1 heterocycles. The van der Waals surface area contributed by atoms with Crippen LogP contribution in [0.15, 0.2) is 66.7 Å². The van der Waals surface area contributed by atoms with Crippen molar-refractivity contribution in [1.29, 1.82) is 0 Å². The van der Waals surface area contributed by atoms with Crippen LogP contribution < -0.4 is 26.5 Å². The predicted octanol–water partition coefficient (Wildman–Crippen LogP) is 1.90. The molecule has 3 aromatic carbocycles. The molecular formula is C26H30BrNO3. The molecule has 0 radical (unpaired) electrons. The minimum atomic E-state index is 0. The molecule has 4 rings (SSSR count). The Morgan fingerprint density at radius 3 is 2.19 bits per heavy atom. The maximum absolute atomic E-state index is 9.71. The lowest BCUT2D eigenvalue weighted by Gasteiger charge is -2.46. The number of likely N-dealkylation sites (N-methyl/N-ethyl adjacent to an activating group) is 1. The van der Waals surface area contributed by atoms with Crippen LogP contribution in [0.1, 0.15) is 28.3 Å². The fourth-order valence-corrected chi connectivity index (χ4v) is 4.71. The standard InChI is InChI=1S/C26H29NO3.BrH/c1-27(18-20-7-5-4-6-8-20)14-13-21-16-25(29-2)26(30-3)17-23(21)24(27)15-19-9-11-22(28)12-10-19;/h4-12,16-17,24H,13-15,18H2,1-3H3;1H. The number of rotatable bonds is 6. The van der Waals surface area contributed by atoms with Gasteiger partial charge in [0.2, 0.25) is 0 Å². The normalized spacial score (nSPS) is 19.8. The summed E-state index contributed by atoms with van der Waals surface area (Å²) in [6.07, 6.45) is 1.90. The van der Waals surface area contributed by atoms with E-state index in [0.717, 1.165) is 41.9 Å². The van der Waals surface area contributed by atoms with Crippen molar-refractivity contribution in [3.8, 4) is 17.2 Å². The van der Waals surface area contributed by atoms with Crippen LogP contribution in [0, 0.1) is 0 Å². The minimum absolute atomic E-state index is 0. The van der Waals surface area contributed by atoms with Gasteiger partial charge in [0.05, 0.1) is 27.8 Å². The van der Waals surface area contributed by atoms with Gasteiger partial charge in [-0.15, -0.1) is 0 Å². The van der Waals surface area contributed by atoms with Crippen molar-refractivity contribution in [2.45, 2.75) is 25.4 Å². The molecule has 0 aromatic heterocycles. The van der Waals surface area contributed by atoms with Crippen molar-refractivity contribution < 1.29 is 36.0 Å². The summed E-state index contributed by atoms with van der Waals surface area (Å²) in [5.41, 5.74) is 5.22. The number of benzene rings is 3. The summed E-state index contributed by atoms with van der Waals surface area (Å²) >= 11 is 0. The monoisotopic (exact) mass is 483 g/mol. The summed E-state index contributed by atoms with van der Waals surface area (Å²) in [5, 5.41) is 9.71. The summed E-state index contributed by atoms with van der Waals surface area (Å²) in [6.45, 7) is 2.03. The Hall–Kier alpha value is -2.50. The second-order valence-corrected chi connectivity index (χ2v) is 8.39. The van der Waals surface area contributed by atoms with Crippen LogP contribution in [0.25, 0.3) is 0 Å². The molecular weight excluding hydrogens is 454 g/mol. The van der Waals surface area contributed by atoms with Gasteiger partial charge in [-0.05, 0) is 35.4 Å². The zero-order chi connectivity index (χ0) is 21.1. The molecule has 0 amide bonds. The van der Waals surface area contributed by atoms with Crippen molar-refractivity contribution in [3.63, 3.8) is 0 Å². The molecule has 2 atom stereocenters. The van der Waals surface area contributed by atoms with Crippen LogP contribution in [-0.4, -0.2) is 37.4 Å². The van der Waals surface area contributed by atoms with E-state index in [0.29, 0.717) is 5.75 Å². The van der Waals surface area contributed by atoms with Gasteiger partial charge in [0.25, 0.3) is 0 Å². The van der Waals surface area contributed by atoms with E-state index in [1.165, 1.54) is 22.3 Å². The SMILES string of the molecule is COc1cc2c(cc1OC)C(Cc1ccc(O)cc1)[N+](C)(Cc1ccccc1)CC2.[Br-]. The summed E-state index contributed by atoms with van der Waals surface area (Å²) in [6, 6.07) is 22.9. The molecule has 0 bridgehead atoms. The highest BCUT2D eigenvalue weighted by Crippen LogP contribution is 2.43. The van der Waals surface area contributed by atoms with Crippen molar-refractivity contribution in [1.82, 2.24) is 0 Å². The number of phenolic OH excluding ortho intramolecular Hbond substituents is 1. The quantitative estimate of drug-likeness (QED) is 0.544. The van der Waals surface area contributed by atoms with Crippen LogP contribution >= 0.6 is 0 Å². The number of ether oxygens (including phenoxy) is 2. The molecule has 3 aromatic rings. The van der Waals surface area contributed by atoms with Gasteiger partial charge < -0.3 is 36.0 Å². The average molecular weight is 484 g/mol. The molecule has 5 heteroatoms. The van der Waals surface area contributed by atoms with Gasteiger partial charge in [0, 0.05) is 24.0 Å². The molecule has 0 fully saturated rings. The maximum Gasteiger partial charge on any atom is 0.161 e. The number of nitrogens with zero attached hydrogens (tertiary/aromatic N) is 1. The van der Waals surface area contributed by atoms with E-state index in [9.17, 15) is 5.11 Å². The molecule has 1 N–H and O–H groups in total. The summed E-state index contributed by atoms with van der Waals surface area (Å²) < 4.78 is 12.1. The topological polar surface area (TPSA) is 38.7 Å². The zero-order valence-electron chi connectivity index (χ0n) is 18.3. The first kappa shape index (κ1) is 23.2. The third-order valence-corrected chi connectivity index (χ3v) is 6.40. The molecule has 164 valence electrons. The lowest BCUT2D eigenvalue weighted by Crippen LogP contribution is -3.00. The Morgan fingerprint density at radius 2 is 1.55 bits per heavy atom. The van der Waals surface area contributed by atoms with E-state index in [-0.39, 0.29) is 23.0 Å². The Balaban J connectivity index is 0.00000272. The number of hydrogen-bond acceptors (Lipinski definition) is 3. The number of hydrogen-bond donors (Lipinski definition) is 1. The van der Waals surface area contributed by atoms with Crippen LogP contribution in [0.4, 0.5) is 0 Å². The number of fused-ring (bicyclic) bond motifs is 1. The van der Waals surface area contributed by atoms with Gasteiger partial charge in [-0.1, -0.05) is 42.5 Å². The molecule has 0 saturated carbocycles. The number of halogens is 1. The third-order valence-electron chi connectivity index (χ3n) is 6.40. The van der Waals surface area contributed by atoms with E-state index < -0.39 is 0 Å². The van der Waals surface area contributed by atoms with E-state index >= 15 is 0 Å². The van der Waals surface area contributed by atoms with Crippen LogP contribution in [0.5, 0.6) is 17.2 Å². The summed E-state index contributed by atoms with van der Waals surface area (Å²) in [5.74, 6) is 1.87. The van der Waals surface area contributed by atoms with Gasteiger partial charge in [-0.2, -0.15) is 0 Å². The van der Waals surface area contributed by atoms with Crippen molar-refractivity contribution in [2.75, 3.05) is 27.8 Å². The van der Waals surface area contributed by atoms with Crippen LogP contribution in [-0.2, 0) is 19.4 Å². The lowest BCUT2D eigenvalue weighted by molar-refractivity contribution is -0.954. The Bertz CT molecular complexity index is 1010. The number of methoxy groups -OCH3 is 2. The maximum atomic E-state index is 9.71. The largest absolute Gasteiger partial charge is 1.00 e. The number of phenols is 1. The van der Waals surface area contributed by atoms with Gasteiger partial charge in [0.1, 0.15) is 18.3 Å². The first-order valence-corrected chi connectivity index (χ1v) is 10.4. The van der Waals surface area contributed by atoms with E-state index in [1.54, 1.807) is 26.4 Å². The second-order valence-electron chi connectivity index (χ2n) is 8.39. The molecule has 31 heavy (non-hydrogen) atoms. The molecule has 0 spiro atoms. The van der Waals surface area contributed by atoms with Crippen molar-refractivity contribution in [2.24, 2.45) is 0 Å². The predicted molar refractivity (Wildman–Crippen MR) is 119 cm³/mol. The smallest absolute Gasteiger partial charge is 0.161 e. The van der Waals surface area contributed by atoms with Gasteiger partial charge in [-0.25, -0.2) is 0 Å². The van der Waals surface area contributed by atoms with Crippen LogP contribution in [0.2, 0.25) is 0 Å². The molecule has 2 unspecified atom stereocenters. The molecule has 1 aliphatic heterocycles. The van der Waals surface area contributed by atoms with Crippen LogP contribution in [0.3, 0.4) is 0 Å². The summed E-state index contributed by atoms with van der Waals surface area (Å²) in [7, 11) is 5.74. The number of aromatic hydroxyl groups is 1. The fraction of sp³-hybridized carbons (Fsp3) is 0.308. The van der Waals surface area contributed by atoms with Crippen molar-refractivity contribution >= 4 is 0 Å². The summed E-state index contributed by atoms with van der Waals surface area (Å²) in [4.78, 5) is 0. The Kier molecular flexibility index (Phi) is 7.29. The van der Waals surface area contributed by atoms with Gasteiger partial charge in [0.15, 0.2) is 11.5 Å².